The molecule has 21 heavy (non-hydrogen) atoms. The number of hydrogen-bond donors (Lipinski definition) is 1. The maximum absolute atomic E-state index is 13.0. The molecule has 0 radical (unpaired) electrons. The first-order valence-corrected chi connectivity index (χ1v) is 7.37. The molecule has 0 aliphatic rings. The Morgan fingerprint density at radius 2 is 2.19 bits per heavy atom. The molecule has 0 fully saturated rings. The van der Waals surface area contributed by atoms with Crippen molar-refractivity contribution in [2.45, 2.75) is 6.92 Å². The molecule has 3 rings (SSSR count). The molecule has 0 aliphatic heterocycles. The first-order valence-electron chi connectivity index (χ1n) is 6.56. The Balaban J connectivity index is 1.59. The lowest BCUT2D eigenvalue weighted by Crippen LogP contribution is -2.12. The lowest BCUT2D eigenvalue weighted by atomic mass is 10.3. The number of aromatic nitrogens is 2. The van der Waals surface area contributed by atoms with Gasteiger partial charge in [0.25, 0.3) is 0 Å². The molecule has 0 amide bonds. The third-order valence-corrected chi connectivity index (χ3v) is 3.87. The van der Waals surface area contributed by atoms with Gasteiger partial charge in [0.15, 0.2) is 0 Å². The van der Waals surface area contributed by atoms with E-state index in [4.69, 9.17) is 4.74 Å². The lowest BCUT2D eigenvalue weighted by Gasteiger charge is -2.08. The smallest absolute Gasteiger partial charge is 0.138 e. The Labute approximate surface area is 125 Å². The summed E-state index contributed by atoms with van der Waals surface area (Å²) in [6, 6.07) is 8.18. The number of nitrogens with one attached hydrogen (secondary N) is 1. The molecule has 0 unspecified atom stereocenters. The van der Waals surface area contributed by atoms with E-state index >= 15 is 0 Å². The molecular formula is C15H14FN3OS. The molecular weight excluding hydrogens is 289 g/mol. The van der Waals surface area contributed by atoms with E-state index < -0.39 is 0 Å². The highest BCUT2D eigenvalue weighted by Crippen LogP contribution is 2.27. The topological polar surface area (TPSA) is 47.0 Å². The molecule has 0 atom stereocenters. The second-order valence-electron chi connectivity index (χ2n) is 4.53. The summed E-state index contributed by atoms with van der Waals surface area (Å²) < 4.78 is 18.5. The summed E-state index contributed by atoms with van der Waals surface area (Å²) in [6.07, 6.45) is 1.55. The van der Waals surface area contributed by atoms with Crippen LogP contribution in [-0.4, -0.2) is 23.1 Å². The molecule has 2 aromatic heterocycles. The van der Waals surface area contributed by atoms with Crippen LogP contribution in [0.1, 0.15) is 4.88 Å². The Kier molecular flexibility index (Phi) is 3.96. The minimum absolute atomic E-state index is 0.299. The van der Waals surface area contributed by atoms with Crippen molar-refractivity contribution in [3.8, 4) is 5.75 Å². The van der Waals surface area contributed by atoms with Crippen LogP contribution in [-0.2, 0) is 0 Å². The lowest BCUT2D eigenvalue weighted by molar-refractivity contribution is 0.331. The largest absolute Gasteiger partial charge is 0.492 e. The van der Waals surface area contributed by atoms with Crippen LogP contribution in [0.2, 0.25) is 0 Å². The van der Waals surface area contributed by atoms with Crippen molar-refractivity contribution in [3.63, 3.8) is 0 Å². The summed E-state index contributed by atoms with van der Waals surface area (Å²) in [5.74, 6) is 1.02. The summed E-state index contributed by atoms with van der Waals surface area (Å²) in [5, 5.41) is 4.24. The zero-order chi connectivity index (χ0) is 14.7. The SMILES string of the molecule is Cc1cc2c(NCCOc3cccc(F)c3)ncnc2s1. The standard InChI is InChI=1S/C15H14FN3OS/c1-10-7-13-14(18-9-19-15(13)21-10)17-5-6-20-12-4-2-3-11(16)8-12/h2-4,7-9H,5-6H2,1H3,(H,17,18,19). The average Bonchev–Trinajstić information content (AvgIpc) is 2.84. The van der Waals surface area contributed by atoms with E-state index in [2.05, 4.69) is 21.4 Å². The Hall–Kier alpha value is -2.21. The second kappa shape index (κ2) is 6.05. The number of benzene rings is 1. The van der Waals surface area contributed by atoms with Gasteiger partial charge in [-0.1, -0.05) is 6.07 Å². The Morgan fingerprint density at radius 1 is 1.29 bits per heavy atom. The minimum Gasteiger partial charge on any atom is -0.492 e. The van der Waals surface area contributed by atoms with Crippen LogP contribution in [0.5, 0.6) is 5.75 Å². The predicted octanol–water partition coefficient (Wildman–Crippen LogP) is 3.63. The van der Waals surface area contributed by atoms with Crippen molar-refractivity contribution in [3.05, 3.63) is 47.4 Å². The Bertz CT molecular complexity index is 760. The molecule has 6 heteroatoms. The van der Waals surface area contributed by atoms with Gasteiger partial charge in [-0.05, 0) is 25.1 Å². The first kappa shape index (κ1) is 13.8. The average molecular weight is 303 g/mol. The molecule has 0 saturated carbocycles. The summed E-state index contributed by atoms with van der Waals surface area (Å²) >= 11 is 1.64. The maximum atomic E-state index is 13.0. The highest BCUT2D eigenvalue weighted by Gasteiger charge is 2.06. The van der Waals surface area contributed by atoms with Gasteiger partial charge in [-0.3, -0.25) is 0 Å². The van der Waals surface area contributed by atoms with Gasteiger partial charge in [0.1, 0.15) is 35.1 Å². The van der Waals surface area contributed by atoms with Crippen molar-refractivity contribution in [1.29, 1.82) is 0 Å². The second-order valence-corrected chi connectivity index (χ2v) is 5.77. The van der Waals surface area contributed by atoms with E-state index in [0.717, 1.165) is 16.0 Å². The first-order chi connectivity index (χ1) is 10.2. The van der Waals surface area contributed by atoms with Crippen molar-refractivity contribution in [2.75, 3.05) is 18.5 Å². The summed E-state index contributed by atoms with van der Waals surface area (Å²) in [5.41, 5.74) is 0. The van der Waals surface area contributed by atoms with Crippen LogP contribution >= 0.6 is 11.3 Å². The summed E-state index contributed by atoms with van der Waals surface area (Å²) in [6.45, 7) is 3.05. The highest BCUT2D eigenvalue weighted by atomic mass is 32.1. The summed E-state index contributed by atoms with van der Waals surface area (Å²) in [7, 11) is 0. The monoisotopic (exact) mass is 303 g/mol. The van der Waals surface area contributed by atoms with Crippen molar-refractivity contribution < 1.29 is 9.13 Å². The number of rotatable bonds is 5. The van der Waals surface area contributed by atoms with Crippen molar-refractivity contribution >= 4 is 27.4 Å². The fourth-order valence-electron chi connectivity index (χ4n) is 2.01. The van der Waals surface area contributed by atoms with Crippen LogP contribution in [0, 0.1) is 12.7 Å². The van der Waals surface area contributed by atoms with E-state index in [-0.39, 0.29) is 5.82 Å². The van der Waals surface area contributed by atoms with Crippen molar-refractivity contribution in [1.82, 2.24) is 9.97 Å². The van der Waals surface area contributed by atoms with E-state index in [9.17, 15) is 4.39 Å². The molecule has 4 nitrogen and oxygen atoms in total. The zero-order valence-electron chi connectivity index (χ0n) is 11.5. The maximum Gasteiger partial charge on any atom is 0.138 e. The van der Waals surface area contributed by atoms with Gasteiger partial charge >= 0.3 is 0 Å². The van der Waals surface area contributed by atoms with Gasteiger partial charge in [0.05, 0.1) is 11.9 Å². The number of thiophene rings is 1. The van der Waals surface area contributed by atoms with E-state index in [1.54, 1.807) is 29.8 Å². The van der Waals surface area contributed by atoms with Crippen LogP contribution in [0.3, 0.4) is 0 Å². The fraction of sp³-hybridized carbons (Fsp3) is 0.200. The summed E-state index contributed by atoms with van der Waals surface area (Å²) in [4.78, 5) is 10.7. The van der Waals surface area contributed by atoms with Gasteiger partial charge in [-0.2, -0.15) is 0 Å². The van der Waals surface area contributed by atoms with Gasteiger partial charge < -0.3 is 10.1 Å². The molecule has 2 heterocycles. The number of halogens is 1. The normalized spacial score (nSPS) is 10.8. The molecule has 0 aliphatic carbocycles. The number of anilines is 1. The van der Waals surface area contributed by atoms with Crippen LogP contribution < -0.4 is 10.1 Å². The van der Waals surface area contributed by atoms with E-state index in [1.165, 1.54) is 17.0 Å². The molecule has 0 saturated heterocycles. The third kappa shape index (κ3) is 3.28. The minimum atomic E-state index is -0.299. The third-order valence-electron chi connectivity index (χ3n) is 2.91. The zero-order valence-corrected chi connectivity index (χ0v) is 12.3. The molecule has 1 aromatic carbocycles. The van der Waals surface area contributed by atoms with Crippen LogP contribution in [0.15, 0.2) is 36.7 Å². The molecule has 0 spiro atoms. The molecule has 0 bridgehead atoms. The highest BCUT2D eigenvalue weighted by molar-refractivity contribution is 7.18. The number of ether oxygens (including phenoxy) is 1. The Morgan fingerprint density at radius 3 is 3.05 bits per heavy atom. The van der Waals surface area contributed by atoms with Crippen LogP contribution in [0.4, 0.5) is 10.2 Å². The van der Waals surface area contributed by atoms with Gasteiger partial charge in [-0.25, -0.2) is 14.4 Å². The molecule has 1 N–H and O–H groups in total. The molecule has 108 valence electrons. The number of fused-ring (bicyclic) bond motifs is 1. The number of nitrogens with zero attached hydrogens (tertiary/aromatic N) is 2. The van der Waals surface area contributed by atoms with Gasteiger partial charge in [0, 0.05) is 10.9 Å². The predicted molar refractivity (Wildman–Crippen MR) is 82.5 cm³/mol. The molecule has 3 aromatic rings. The quantitative estimate of drug-likeness (QED) is 0.731. The van der Waals surface area contributed by atoms with Gasteiger partial charge in [0.2, 0.25) is 0 Å². The van der Waals surface area contributed by atoms with E-state index in [1.807, 2.05) is 6.92 Å². The fourth-order valence-corrected chi connectivity index (χ4v) is 2.86. The number of aryl methyl sites for hydroxylation is 1. The van der Waals surface area contributed by atoms with E-state index in [0.29, 0.717) is 18.9 Å². The number of hydrogen-bond acceptors (Lipinski definition) is 5. The van der Waals surface area contributed by atoms with Crippen molar-refractivity contribution in [2.24, 2.45) is 0 Å². The van der Waals surface area contributed by atoms with Crippen LogP contribution in [0.25, 0.3) is 10.2 Å². The van der Waals surface area contributed by atoms with Gasteiger partial charge in [-0.15, -0.1) is 11.3 Å².